The number of aliphatic hydroxyl groups excluding tert-OH is 3. The summed E-state index contributed by atoms with van der Waals surface area (Å²) in [5.74, 6) is 0. The zero-order chi connectivity index (χ0) is 10.0. The molecule has 13 heavy (non-hydrogen) atoms. The predicted octanol–water partition coefficient (Wildman–Crippen LogP) is -1.07. The van der Waals surface area contributed by atoms with Gasteiger partial charge in [0.1, 0.15) is 12.2 Å². The Balaban J connectivity index is 2.70. The Bertz CT molecular complexity index is 201. The number of halogens is 1. The monoisotopic (exact) mass is 301 g/mol. The molecule has 1 aliphatic heterocycles. The minimum absolute atomic E-state index is 0.519. The van der Waals surface area contributed by atoms with Crippen molar-refractivity contribution in [3.8, 4) is 0 Å². The lowest BCUT2D eigenvalue weighted by molar-refractivity contribution is -0.202. The van der Waals surface area contributed by atoms with Crippen LogP contribution in [0.1, 0.15) is 0 Å². The summed E-state index contributed by atoms with van der Waals surface area (Å²) >= 11 is 1.83. The van der Waals surface area contributed by atoms with E-state index < -0.39 is 28.5 Å². The van der Waals surface area contributed by atoms with E-state index in [1.165, 1.54) is 13.3 Å². The first-order chi connectivity index (χ1) is 6.07. The molecule has 5 nitrogen and oxygen atoms in total. The summed E-state index contributed by atoms with van der Waals surface area (Å²) in [4.78, 5) is 3.67. The van der Waals surface area contributed by atoms with Crippen molar-refractivity contribution in [2.75, 3.05) is 7.05 Å². The van der Waals surface area contributed by atoms with Crippen LogP contribution in [0.25, 0.3) is 0 Å². The smallest absolute Gasteiger partial charge is 0.169 e. The van der Waals surface area contributed by atoms with Gasteiger partial charge in [0, 0.05) is 13.3 Å². The van der Waals surface area contributed by atoms with Crippen LogP contribution in [0.4, 0.5) is 0 Å². The van der Waals surface area contributed by atoms with Crippen molar-refractivity contribution < 1.29 is 20.1 Å². The number of hydrogen-bond acceptors (Lipinski definition) is 5. The van der Waals surface area contributed by atoms with Crippen LogP contribution in [0.5, 0.6) is 0 Å². The van der Waals surface area contributed by atoms with Crippen molar-refractivity contribution in [3.05, 3.63) is 0 Å². The number of rotatable bonds is 1. The Morgan fingerprint density at radius 1 is 1.31 bits per heavy atom. The molecule has 0 amide bonds. The first-order valence-corrected chi connectivity index (χ1v) is 5.08. The molecule has 1 heterocycles. The molecule has 0 aromatic carbocycles. The van der Waals surface area contributed by atoms with E-state index in [9.17, 15) is 15.3 Å². The molecular weight excluding hydrogens is 289 g/mol. The van der Waals surface area contributed by atoms with Gasteiger partial charge in [-0.2, -0.15) is 0 Å². The van der Waals surface area contributed by atoms with Gasteiger partial charge in [-0.1, -0.05) is 22.6 Å². The Labute approximate surface area is 89.6 Å². The largest absolute Gasteiger partial charge is 0.389 e. The lowest BCUT2D eigenvalue weighted by Crippen LogP contribution is -2.55. The van der Waals surface area contributed by atoms with Crippen molar-refractivity contribution in [2.24, 2.45) is 4.99 Å². The zero-order valence-electron chi connectivity index (χ0n) is 7.04. The van der Waals surface area contributed by atoms with Crippen molar-refractivity contribution in [1.82, 2.24) is 0 Å². The average molecular weight is 301 g/mol. The lowest BCUT2D eigenvalue weighted by atomic mass is 10.0. The van der Waals surface area contributed by atoms with Gasteiger partial charge in [0.25, 0.3) is 0 Å². The van der Waals surface area contributed by atoms with Crippen LogP contribution in [0, 0.1) is 0 Å². The summed E-state index contributed by atoms with van der Waals surface area (Å²) in [7, 11) is 1.53. The second kappa shape index (κ2) is 4.65. The molecule has 5 atom stereocenters. The van der Waals surface area contributed by atoms with E-state index in [0.29, 0.717) is 0 Å². The second-order valence-corrected chi connectivity index (χ2v) is 4.26. The minimum atomic E-state index is -1.07. The summed E-state index contributed by atoms with van der Waals surface area (Å²) in [5, 5.41) is 28.2. The van der Waals surface area contributed by atoms with Crippen molar-refractivity contribution in [1.29, 1.82) is 0 Å². The summed E-state index contributed by atoms with van der Waals surface area (Å²) in [5.41, 5.74) is 0. The molecule has 1 saturated heterocycles. The van der Waals surface area contributed by atoms with Gasteiger partial charge in [-0.05, 0) is 0 Å². The van der Waals surface area contributed by atoms with Gasteiger partial charge in [-0.25, -0.2) is 0 Å². The topological polar surface area (TPSA) is 82.3 Å². The Kier molecular flexibility index (Phi) is 4.05. The van der Waals surface area contributed by atoms with Gasteiger partial charge in [0.2, 0.25) is 0 Å². The van der Waals surface area contributed by atoms with E-state index in [2.05, 4.69) is 4.99 Å². The number of aliphatic imine (C=N–C) groups is 1. The van der Waals surface area contributed by atoms with Crippen LogP contribution in [-0.2, 0) is 4.74 Å². The first-order valence-electron chi connectivity index (χ1n) is 3.84. The highest BCUT2D eigenvalue weighted by Crippen LogP contribution is 2.24. The fourth-order valence-corrected chi connectivity index (χ4v) is 1.73. The Hall–Kier alpha value is 0.240. The molecule has 3 N–H and O–H groups in total. The van der Waals surface area contributed by atoms with Gasteiger partial charge in [0.15, 0.2) is 6.29 Å². The van der Waals surface area contributed by atoms with E-state index in [0.717, 1.165) is 0 Å². The van der Waals surface area contributed by atoms with Crippen molar-refractivity contribution >= 4 is 28.8 Å². The highest BCUT2D eigenvalue weighted by Gasteiger charge is 2.41. The maximum absolute atomic E-state index is 9.47. The maximum Gasteiger partial charge on any atom is 0.169 e. The van der Waals surface area contributed by atoms with E-state index in [1.54, 1.807) is 0 Å². The van der Waals surface area contributed by atoms with Gasteiger partial charge >= 0.3 is 0 Å². The number of alkyl halides is 1. The molecular formula is C7H12INO4. The molecule has 1 fully saturated rings. The highest BCUT2D eigenvalue weighted by molar-refractivity contribution is 14.1. The van der Waals surface area contributed by atoms with Crippen LogP contribution < -0.4 is 0 Å². The van der Waals surface area contributed by atoms with Crippen LogP contribution in [0.15, 0.2) is 4.99 Å². The zero-order valence-corrected chi connectivity index (χ0v) is 9.20. The molecule has 76 valence electrons. The molecule has 1 rings (SSSR count). The van der Waals surface area contributed by atoms with E-state index in [1.807, 2.05) is 22.6 Å². The summed E-state index contributed by atoms with van der Waals surface area (Å²) in [6, 6.07) is 0. The molecule has 0 aromatic rings. The van der Waals surface area contributed by atoms with Crippen LogP contribution in [0.2, 0.25) is 0 Å². The van der Waals surface area contributed by atoms with Crippen molar-refractivity contribution in [3.63, 3.8) is 0 Å². The van der Waals surface area contributed by atoms with Gasteiger partial charge in [-0.3, -0.25) is 4.99 Å². The third-order valence-corrected chi connectivity index (χ3v) is 3.23. The standard InChI is InChI=1S/C7H12INO4/c1-9-2-3-5(10)6(11)4(8)7(12)13-3/h2-7,10-12H,1H3/t3?,4-,5+,6?,7?/m1/s1. The molecule has 0 spiro atoms. The quantitative estimate of drug-likeness (QED) is 0.327. The Morgan fingerprint density at radius 3 is 2.46 bits per heavy atom. The molecule has 0 aromatic heterocycles. The third-order valence-electron chi connectivity index (χ3n) is 1.88. The van der Waals surface area contributed by atoms with Crippen molar-refractivity contribution in [2.45, 2.75) is 28.5 Å². The van der Waals surface area contributed by atoms with Crippen LogP contribution in [0.3, 0.4) is 0 Å². The molecule has 0 saturated carbocycles. The number of aliphatic hydroxyl groups is 3. The van der Waals surface area contributed by atoms with E-state index in [4.69, 9.17) is 4.74 Å². The van der Waals surface area contributed by atoms with Crippen LogP contribution >= 0.6 is 22.6 Å². The Morgan fingerprint density at radius 2 is 1.92 bits per heavy atom. The first kappa shape index (κ1) is 11.3. The minimum Gasteiger partial charge on any atom is -0.389 e. The lowest BCUT2D eigenvalue weighted by Gasteiger charge is -2.36. The fraction of sp³-hybridized carbons (Fsp3) is 0.857. The van der Waals surface area contributed by atoms with Crippen LogP contribution in [-0.4, -0.2) is 57.1 Å². The average Bonchev–Trinajstić information content (AvgIpc) is 2.11. The van der Waals surface area contributed by atoms with Gasteiger partial charge in [-0.15, -0.1) is 0 Å². The molecule has 6 heteroatoms. The maximum atomic E-state index is 9.47. The SMILES string of the molecule is CN=CC1OC(O)[C@H](I)C(O)[C@H]1O. The molecule has 0 bridgehead atoms. The van der Waals surface area contributed by atoms with E-state index >= 15 is 0 Å². The number of nitrogens with zero attached hydrogens (tertiary/aromatic N) is 1. The van der Waals surface area contributed by atoms with Gasteiger partial charge in [0.05, 0.1) is 10.0 Å². The molecule has 1 aliphatic rings. The normalized spacial score (nSPS) is 47.0. The molecule has 3 unspecified atom stereocenters. The summed E-state index contributed by atoms with van der Waals surface area (Å²) in [6.45, 7) is 0. The van der Waals surface area contributed by atoms with E-state index in [-0.39, 0.29) is 0 Å². The summed E-state index contributed by atoms with van der Waals surface area (Å²) in [6.07, 6.45) is -2.47. The summed E-state index contributed by atoms with van der Waals surface area (Å²) < 4.78 is 4.49. The number of hydrogen-bond donors (Lipinski definition) is 3. The number of ether oxygens (including phenoxy) is 1. The fourth-order valence-electron chi connectivity index (χ4n) is 1.14. The molecule has 0 aliphatic carbocycles. The third kappa shape index (κ3) is 2.38. The second-order valence-electron chi connectivity index (χ2n) is 2.82. The highest BCUT2D eigenvalue weighted by atomic mass is 127. The van der Waals surface area contributed by atoms with Gasteiger partial charge < -0.3 is 20.1 Å². The predicted molar refractivity (Wildman–Crippen MR) is 55.1 cm³/mol. The molecule has 0 radical (unpaired) electrons.